The van der Waals surface area contributed by atoms with Crippen molar-refractivity contribution in [3.05, 3.63) is 69.8 Å². The molecule has 6 N–H and O–H groups in total. The maximum atomic E-state index is 13.7. The molecule has 3 aromatic rings. The standard InChI is InChI=1S/C25H27F3N8O6/c1-13-19(42-22(39)25(26,27)28)34-18(36(30)23(40)33-12-14-7-9-15(41-4)10-8-14)20(37)35(13)17-16(6-5-11-32-17)24(2,29)21(38)31-3/h5-11H,12,29-30H2,1-4H3,(H,31,38)(H,33,40). The summed E-state index contributed by atoms with van der Waals surface area (Å²) in [5, 5.41) is 5.04. The molecule has 0 saturated heterocycles. The molecule has 0 aliphatic heterocycles. The van der Waals surface area contributed by atoms with Gasteiger partial charge in [0.05, 0.1) is 12.8 Å². The van der Waals surface area contributed by atoms with Crippen LogP contribution in [0.3, 0.4) is 0 Å². The Kier molecular flexibility index (Phi) is 9.17. The summed E-state index contributed by atoms with van der Waals surface area (Å²) in [7, 11) is 2.79. The predicted molar refractivity (Wildman–Crippen MR) is 142 cm³/mol. The molecule has 0 spiro atoms. The molecule has 0 aliphatic carbocycles. The zero-order valence-corrected chi connectivity index (χ0v) is 22.8. The first-order chi connectivity index (χ1) is 19.6. The number of aromatic nitrogens is 3. The third kappa shape index (κ3) is 6.47. The second-order valence-corrected chi connectivity index (χ2v) is 8.89. The zero-order chi connectivity index (χ0) is 31.4. The SMILES string of the molecule is CNC(=O)C(C)(N)c1cccnc1-n1c(C)c(OC(=O)C(F)(F)F)nc(N(N)C(=O)NCc2ccc(OC)cc2)c1=O. The number of hydrogen-bond acceptors (Lipinski definition) is 10. The number of alkyl halides is 3. The van der Waals surface area contributed by atoms with Gasteiger partial charge in [0, 0.05) is 25.4 Å². The van der Waals surface area contributed by atoms with E-state index in [0.29, 0.717) is 15.9 Å². The number of carbonyl (C=O) groups is 3. The number of amides is 3. The van der Waals surface area contributed by atoms with E-state index in [1.54, 1.807) is 24.3 Å². The fraction of sp³-hybridized carbons (Fsp3) is 0.280. The molecule has 0 bridgehead atoms. The predicted octanol–water partition coefficient (Wildman–Crippen LogP) is 0.922. The Labute approximate surface area is 236 Å². The molecule has 3 rings (SSSR count). The maximum absolute atomic E-state index is 13.7. The number of rotatable bonds is 8. The molecule has 1 atom stereocenters. The average molecular weight is 593 g/mol. The van der Waals surface area contributed by atoms with Crippen molar-refractivity contribution in [3.63, 3.8) is 0 Å². The van der Waals surface area contributed by atoms with Gasteiger partial charge in [-0.15, -0.1) is 0 Å². The van der Waals surface area contributed by atoms with E-state index in [-0.39, 0.29) is 22.9 Å². The Morgan fingerprint density at radius 3 is 2.36 bits per heavy atom. The van der Waals surface area contributed by atoms with Gasteiger partial charge in [0.2, 0.25) is 17.6 Å². The van der Waals surface area contributed by atoms with Gasteiger partial charge in [0.1, 0.15) is 17.1 Å². The van der Waals surface area contributed by atoms with Crippen LogP contribution < -0.4 is 42.3 Å². The highest BCUT2D eigenvalue weighted by molar-refractivity contribution is 5.90. The number of nitrogens with zero attached hydrogens (tertiary/aromatic N) is 4. The molecule has 1 aromatic carbocycles. The number of anilines is 1. The highest BCUT2D eigenvalue weighted by Crippen LogP contribution is 2.28. The van der Waals surface area contributed by atoms with E-state index in [2.05, 4.69) is 25.3 Å². The minimum absolute atomic E-state index is 0.0488. The Balaban J connectivity index is 2.15. The summed E-state index contributed by atoms with van der Waals surface area (Å²) in [5.74, 6) is 0.817. The lowest BCUT2D eigenvalue weighted by Crippen LogP contribution is -2.50. The van der Waals surface area contributed by atoms with E-state index in [4.69, 9.17) is 16.3 Å². The summed E-state index contributed by atoms with van der Waals surface area (Å²) in [6.07, 6.45) is -4.22. The third-order valence-electron chi connectivity index (χ3n) is 5.97. The number of hydrazine groups is 1. The van der Waals surface area contributed by atoms with Crippen molar-refractivity contribution in [1.29, 1.82) is 0 Å². The number of nitrogens with two attached hydrogens (primary N) is 2. The van der Waals surface area contributed by atoms with E-state index in [1.807, 2.05) is 0 Å². The number of ether oxygens (including phenoxy) is 2. The summed E-state index contributed by atoms with van der Waals surface area (Å²) in [6, 6.07) is 8.23. The van der Waals surface area contributed by atoms with Crippen LogP contribution in [-0.2, 0) is 21.7 Å². The largest absolute Gasteiger partial charge is 0.497 e. The molecule has 0 saturated carbocycles. The quantitative estimate of drug-likeness (QED) is 0.126. The molecule has 1 unspecified atom stereocenters. The molecule has 224 valence electrons. The number of carbonyl (C=O) groups excluding carboxylic acids is 3. The highest BCUT2D eigenvalue weighted by atomic mass is 19.4. The van der Waals surface area contributed by atoms with Gasteiger partial charge in [-0.3, -0.25) is 14.2 Å². The number of likely N-dealkylation sites (N-methyl/N-ethyl adjacent to an activating group) is 1. The Bertz CT molecular complexity index is 1560. The van der Waals surface area contributed by atoms with E-state index in [9.17, 15) is 32.3 Å². The molecule has 42 heavy (non-hydrogen) atoms. The van der Waals surface area contributed by atoms with E-state index in [1.165, 1.54) is 39.4 Å². The summed E-state index contributed by atoms with van der Waals surface area (Å²) < 4.78 is 49.4. The van der Waals surface area contributed by atoms with Gasteiger partial charge in [-0.05, 0) is 37.6 Å². The summed E-state index contributed by atoms with van der Waals surface area (Å²) in [5.41, 5.74) is 3.39. The van der Waals surface area contributed by atoms with Crippen LogP contribution in [-0.4, -0.2) is 52.8 Å². The minimum Gasteiger partial charge on any atom is -0.497 e. The van der Waals surface area contributed by atoms with Crippen molar-refractivity contribution in [2.24, 2.45) is 11.6 Å². The van der Waals surface area contributed by atoms with Crippen LogP contribution in [0.5, 0.6) is 11.6 Å². The molecule has 3 amide bonds. The second kappa shape index (κ2) is 12.2. The Morgan fingerprint density at radius 1 is 1.14 bits per heavy atom. The van der Waals surface area contributed by atoms with Crippen LogP contribution in [0.25, 0.3) is 5.82 Å². The van der Waals surface area contributed by atoms with Crippen molar-refractivity contribution < 1.29 is 37.0 Å². The van der Waals surface area contributed by atoms with Crippen molar-refractivity contribution in [3.8, 4) is 17.4 Å². The Hall–Kier alpha value is -5.03. The molecular formula is C25H27F3N8O6. The third-order valence-corrected chi connectivity index (χ3v) is 5.97. The lowest BCUT2D eigenvalue weighted by molar-refractivity contribution is -0.190. The fourth-order valence-electron chi connectivity index (χ4n) is 3.69. The van der Waals surface area contributed by atoms with Crippen molar-refractivity contribution in [1.82, 2.24) is 25.2 Å². The summed E-state index contributed by atoms with van der Waals surface area (Å²) >= 11 is 0. The highest BCUT2D eigenvalue weighted by Gasteiger charge is 2.42. The monoisotopic (exact) mass is 592 g/mol. The molecule has 2 heterocycles. The van der Waals surface area contributed by atoms with Gasteiger partial charge < -0.3 is 25.8 Å². The zero-order valence-electron chi connectivity index (χ0n) is 22.8. The number of esters is 1. The summed E-state index contributed by atoms with van der Waals surface area (Å²) in [4.78, 5) is 58.6. The molecule has 2 aromatic heterocycles. The van der Waals surface area contributed by atoms with Gasteiger partial charge in [-0.2, -0.15) is 18.2 Å². The van der Waals surface area contributed by atoms with Crippen LogP contribution in [0.2, 0.25) is 0 Å². The van der Waals surface area contributed by atoms with Crippen LogP contribution in [0.15, 0.2) is 47.4 Å². The molecule has 0 radical (unpaired) electrons. The van der Waals surface area contributed by atoms with Crippen molar-refractivity contribution in [2.75, 3.05) is 19.2 Å². The topological polar surface area (TPSA) is 197 Å². The molecule has 0 fully saturated rings. The van der Waals surface area contributed by atoms with Crippen LogP contribution >= 0.6 is 0 Å². The summed E-state index contributed by atoms with van der Waals surface area (Å²) in [6.45, 7) is 2.34. The van der Waals surface area contributed by atoms with Gasteiger partial charge in [-0.25, -0.2) is 25.4 Å². The number of pyridine rings is 1. The molecule has 14 nitrogen and oxygen atoms in total. The van der Waals surface area contributed by atoms with Crippen LogP contribution in [0, 0.1) is 6.92 Å². The van der Waals surface area contributed by atoms with Gasteiger partial charge in [0.25, 0.3) is 0 Å². The van der Waals surface area contributed by atoms with Crippen molar-refractivity contribution >= 4 is 23.7 Å². The number of hydrogen-bond donors (Lipinski definition) is 4. The van der Waals surface area contributed by atoms with Crippen molar-refractivity contribution in [2.45, 2.75) is 32.1 Å². The first kappa shape index (κ1) is 31.5. The smallest absolute Gasteiger partial charge is 0.491 e. The van der Waals surface area contributed by atoms with Gasteiger partial charge >= 0.3 is 23.7 Å². The molecular weight excluding hydrogens is 565 g/mol. The Morgan fingerprint density at radius 2 is 1.79 bits per heavy atom. The lowest BCUT2D eigenvalue weighted by atomic mass is 9.92. The lowest BCUT2D eigenvalue weighted by Gasteiger charge is -2.26. The van der Waals surface area contributed by atoms with Crippen LogP contribution in [0.4, 0.5) is 23.8 Å². The van der Waals surface area contributed by atoms with E-state index >= 15 is 0 Å². The number of methoxy groups -OCH3 is 1. The molecule has 17 heteroatoms. The minimum atomic E-state index is -5.43. The van der Waals surface area contributed by atoms with Gasteiger partial charge in [0.15, 0.2) is 0 Å². The van der Waals surface area contributed by atoms with E-state index in [0.717, 1.165) is 6.92 Å². The molecule has 0 aliphatic rings. The van der Waals surface area contributed by atoms with Crippen LogP contribution in [0.1, 0.15) is 23.7 Å². The van der Waals surface area contributed by atoms with Gasteiger partial charge in [-0.1, -0.05) is 18.2 Å². The first-order valence-electron chi connectivity index (χ1n) is 12.0. The average Bonchev–Trinajstić information content (AvgIpc) is 2.96. The van der Waals surface area contributed by atoms with E-state index < -0.39 is 52.6 Å². The maximum Gasteiger partial charge on any atom is 0.491 e. The number of urea groups is 1. The normalized spacial score (nSPS) is 12.6. The number of nitrogens with one attached hydrogen (secondary N) is 2. The number of halogens is 3. The first-order valence-corrected chi connectivity index (χ1v) is 12.0. The fourth-order valence-corrected chi connectivity index (χ4v) is 3.69. The number of benzene rings is 1. The second-order valence-electron chi connectivity index (χ2n) is 8.89.